The van der Waals surface area contributed by atoms with Gasteiger partial charge in [-0.05, 0) is 24.3 Å². The summed E-state index contributed by atoms with van der Waals surface area (Å²) < 4.78 is 4.81. The van der Waals surface area contributed by atoms with Gasteiger partial charge in [0.15, 0.2) is 6.54 Å². The van der Waals surface area contributed by atoms with Crippen LogP contribution >= 0.6 is 0 Å². The summed E-state index contributed by atoms with van der Waals surface area (Å²) >= 11 is 0. The lowest BCUT2D eigenvalue weighted by Crippen LogP contribution is -3.14. The average Bonchev–Trinajstić information content (AvgIpc) is 2.68. The van der Waals surface area contributed by atoms with Crippen molar-refractivity contribution in [3.05, 3.63) is 24.3 Å². The molecule has 3 rings (SSSR count). The first-order valence-corrected chi connectivity index (χ1v) is 9.30. The first-order valence-electron chi connectivity index (χ1n) is 9.30. The van der Waals surface area contributed by atoms with Gasteiger partial charge in [-0.25, -0.2) is 0 Å². The number of carbonyl (C=O) groups is 2. The minimum atomic E-state index is -0.124. The van der Waals surface area contributed by atoms with Gasteiger partial charge in [0, 0.05) is 44.7 Å². The normalized spacial score (nSPS) is 23.6. The minimum Gasteiger partial charge on any atom is -0.508 e. The third-order valence-electron chi connectivity index (χ3n) is 5.48. The number of nitrogens with zero attached hydrogens (tertiary/aromatic N) is 2. The van der Waals surface area contributed by atoms with Crippen molar-refractivity contribution in [3.63, 3.8) is 0 Å². The van der Waals surface area contributed by atoms with Crippen molar-refractivity contribution in [2.24, 2.45) is 5.92 Å². The molecule has 1 aromatic carbocycles. The summed E-state index contributed by atoms with van der Waals surface area (Å²) in [5.41, 5.74) is 1.07. The number of methoxy groups -OCH3 is 1. The van der Waals surface area contributed by atoms with E-state index in [2.05, 4.69) is 4.90 Å². The number of anilines is 1. The molecule has 1 aromatic rings. The van der Waals surface area contributed by atoms with Gasteiger partial charge in [-0.1, -0.05) is 0 Å². The molecule has 7 nitrogen and oxygen atoms in total. The molecular weight excluding hydrogens is 334 g/mol. The van der Waals surface area contributed by atoms with Gasteiger partial charge in [0.05, 0.1) is 26.1 Å². The van der Waals surface area contributed by atoms with Crippen LogP contribution < -0.4 is 9.80 Å². The molecule has 142 valence electrons. The molecule has 0 aliphatic carbocycles. The predicted octanol–water partition coefficient (Wildman–Crippen LogP) is -0.491. The zero-order valence-corrected chi connectivity index (χ0v) is 15.3. The molecule has 0 spiro atoms. The number of hydrogen-bond donors (Lipinski definition) is 2. The SMILES string of the molecule is COC(=O)C1CC[NH+](CC(=O)N2CCN(c3ccc(O)cc3)CC2)CC1. The van der Waals surface area contributed by atoms with Crippen molar-refractivity contribution in [1.82, 2.24) is 4.90 Å². The number of likely N-dealkylation sites (tertiary alicyclic amines) is 1. The molecule has 2 N–H and O–H groups in total. The number of ether oxygens (including phenoxy) is 1. The van der Waals surface area contributed by atoms with Crippen LogP contribution in [0.2, 0.25) is 0 Å². The number of rotatable bonds is 4. The summed E-state index contributed by atoms with van der Waals surface area (Å²) in [5, 5.41) is 9.39. The van der Waals surface area contributed by atoms with Crippen LogP contribution in [-0.4, -0.2) is 74.8 Å². The molecule has 2 fully saturated rings. The van der Waals surface area contributed by atoms with Gasteiger partial charge >= 0.3 is 5.97 Å². The summed E-state index contributed by atoms with van der Waals surface area (Å²) in [7, 11) is 1.43. The molecule has 0 saturated carbocycles. The van der Waals surface area contributed by atoms with Crippen LogP contribution in [0.5, 0.6) is 5.75 Å². The lowest BCUT2D eigenvalue weighted by atomic mass is 9.97. The molecule has 1 amide bonds. The summed E-state index contributed by atoms with van der Waals surface area (Å²) in [6.45, 7) is 5.24. The number of esters is 1. The van der Waals surface area contributed by atoms with Gasteiger partial charge < -0.3 is 24.5 Å². The Hall–Kier alpha value is -2.28. The number of amides is 1. The summed E-state index contributed by atoms with van der Waals surface area (Å²) in [6, 6.07) is 7.19. The molecule has 2 heterocycles. The van der Waals surface area contributed by atoms with Gasteiger partial charge in [-0.2, -0.15) is 0 Å². The largest absolute Gasteiger partial charge is 0.508 e. The minimum absolute atomic E-state index is 0.00675. The Morgan fingerprint density at radius 3 is 2.31 bits per heavy atom. The summed E-state index contributed by atoms with van der Waals surface area (Å²) in [4.78, 5) is 29.6. The van der Waals surface area contributed by atoms with Gasteiger partial charge in [-0.15, -0.1) is 0 Å². The van der Waals surface area contributed by atoms with Gasteiger partial charge in [0.25, 0.3) is 5.91 Å². The third-order valence-corrected chi connectivity index (χ3v) is 5.48. The van der Waals surface area contributed by atoms with E-state index in [-0.39, 0.29) is 23.5 Å². The number of phenols is 1. The Kier molecular flexibility index (Phi) is 5.98. The number of aromatic hydroxyl groups is 1. The van der Waals surface area contributed by atoms with E-state index in [0.29, 0.717) is 6.54 Å². The number of phenolic OH excluding ortho intramolecular Hbond substituents is 1. The Bertz CT molecular complexity index is 618. The molecule has 0 unspecified atom stereocenters. The highest BCUT2D eigenvalue weighted by atomic mass is 16.5. The van der Waals surface area contributed by atoms with Gasteiger partial charge in [-0.3, -0.25) is 9.59 Å². The number of piperazine rings is 1. The van der Waals surface area contributed by atoms with Crippen molar-refractivity contribution in [3.8, 4) is 5.75 Å². The zero-order valence-electron chi connectivity index (χ0n) is 15.3. The fraction of sp³-hybridized carbons (Fsp3) is 0.579. The zero-order chi connectivity index (χ0) is 18.5. The van der Waals surface area contributed by atoms with Crippen LogP contribution in [0.3, 0.4) is 0 Å². The van der Waals surface area contributed by atoms with E-state index >= 15 is 0 Å². The average molecular weight is 362 g/mol. The Labute approximate surface area is 154 Å². The standard InChI is InChI=1S/C19H27N3O4/c1-26-19(25)15-6-8-20(9-7-15)14-18(24)22-12-10-21(11-13-22)16-2-4-17(23)5-3-16/h2-5,15,23H,6-14H2,1H3/p+1. The molecule has 0 bridgehead atoms. The predicted molar refractivity (Wildman–Crippen MR) is 97.2 cm³/mol. The lowest BCUT2D eigenvalue weighted by Gasteiger charge is -2.37. The Morgan fingerprint density at radius 1 is 1.12 bits per heavy atom. The fourth-order valence-corrected chi connectivity index (χ4v) is 3.81. The van der Waals surface area contributed by atoms with E-state index < -0.39 is 0 Å². The van der Waals surface area contributed by atoms with Gasteiger partial charge in [0.2, 0.25) is 0 Å². The maximum absolute atomic E-state index is 12.6. The molecule has 7 heteroatoms. The number of piperidine rings is 1. The van der Waals surface area contributed by atoms with E-state index in [1.807, 2.05) is 17.0 Å². The number of nitrogens with one attached hydrogen (secondary N) is 1. The molecule has 2 saturated heterocycles. The van der Waals surface area contributed by atoms with Crippen molar-refractivity contribution in [2.75, 3.05) is 57.8 Å². The molecule has 0 aromatic heterocycles. The number of carbonyl (C=O) groups excluding carboxylic acids is 2. The maximum Gasteiger partial charge on any atom is 0.309 e. The highest BCUT2D eigenvalue weighted by Crippen LogP contribution is 2.19. The van der Waals surface area contributed by atoms with Gasteiger partial charge in [0.1, 0.15) is 5.75 Å². The van der Waals surface area contributed by atoms with Crippen molar-refractivity contribution in [1.29, 1.82) is 0 Å². The number of benzene rings is 1. The second-order valence-electron chi connectivity index (χ2n) is 7.11. The highest BCUT2D eigenvalue weighted by molar-refractivity contribution is 5.77. The second kappa shape index (κ2) is 8.40. The van der Waals surface area contributed by atoms with E-state index in [1.165, 1.54) is 12.0 Å². The highest BCUT2D eigenvalue weighted by Gasteiger charge is 2.30. The van der Waals surface area contributed by atoms with Crippen LogP contribution in [0.1, 0.15) is 12.8 Å². The monoisotopic (exact) mass is 362 g/mol. The van der Waals surface area contributed by atoms with E-state index in [4.69, 9.17) is 4.74 Å². The van der Waals surface area contributed by atoms with E-state index in [1.54, 1.807) is 12.1 Å². The smallest absolute Gasteiger partial charge is 0.309 e. The molecule has 0 radical (unpaired) electrons. The maximum atomic E-state index is 12.6. The third kappa shape index (κ3) is 4.46. The van der Waals surface area contributed by atoms with Crippen molar-refractivity contribution in [2.45, 2.75) is 12.8 Å². The van der Waals surface area contributed by atoms with Crippen LogP contribution in [0, 0.1) is 5.92 Å². The molecule has 2 aliphatic heterocycles. The first-order chi connectivity index (χ1) is 12.6. The molecular formula is C19H28N3O4+. The number of hydrogen-bond acceptors (Lipinski definition) is 5. The fourth-order valence-electron chi connectivity index (χ4n) is 3.81. The quantitative estimate of drug-likeness (QED) is 0.707. The van der Waals surface area contributed by atoms with E-state index in [9.17, 15) is 14.7 Å². The number of quaternary nitrogens is 1. The molecule has 26 heavy (non-hydrogen) atoms. The summed E-state index contributed by atoms with van der Waals surface area (Å²) in [6.07, 6.45) is 1.59. The van der Waals surface area contributed by atoms with Crippen LogP contribution in [0.15, 0.2) is 24.3 Å². The molecule has 2 aliphatic rings. The first kappa shape index (κ1) is 18.5. The molecule has 0 atom stereocenters. The second-order valence-corrected chi connectivity index (χ2v) is 7.11. The van der Waals surface area contributed by atoms with Crippen molar-refractivity contribution >= 4 is 17.6 Å². The van der Waals surface area contributed by atoms with E-state index in [0.717, 1.165) is 57.8 Å². The lowest BCUT2D eigenvalue weighted by molar-refractivity contribution is -0.898. The van der Waals surface area contributed by atoms with Crippen molar-refractivity contribution < 1.29 is 24.3 Å². The topological polar surface area (TPSA) is 74.5 Å². The Morgan fingerprint density at radius 2 is 1.73 bits per heavy atom. The van der Waals surface area contributed by atoms with Crippen LogP contribution in [0.25, 0.3) is 0 Å². The van der Waals surface area contributed by atoms with Crippen LogP contribution in [0.4, 0.5) is 5.69 Å². The van der Waals surface area contributed by atoms with Crippen LogP contribution in [-0.2, 0) is 14.3 Å². The Balaban J connectivity index is 1.43. The summed E-state index contributed by atoms with van der Waals surface area (Å²) in [5.74, 6) is 0.330.